The van der Waals surface area contributed by atoms with Gasteiger partial charge in [0.25, 0.3) is 0 Å². The molecule has 1 heterocycles. The van der Waals surface area contributed by atoms with Gasteiger partial charge >= 0.3 is 0 Å². The van der Waals surface area contributed by atoms with E-state index < -0.39 is 5.54 Å². The summed E-state index contributed by atoms with van der Waals surface area (Å²) in [5.74, 6) is 1.06. The van der Waals surface area contributed by atoms with Gasteiger partial charge in [-0.05, 0) is 24.5 Å². The summed E-state index contributed by atoms with van der Waals surface area (Å²) in [7, 11) is 0. The zero-order valence-electron chi connectivity index (χ0n) is 12.6. The molecule has 1 atom stereocenters. The van der Waals surface area contributed by atoms with Crippen molar-refractivity contribution in [2.75, 3.05) is 0 Å². The van der Waals surface area contributed by atoms with Crippen molar-refractivity contribution in [1.29, 1.82) is 0 Å². The van der Waals surface area contributed by atoms with Gasteiger partial charge in [0.1, 0.15) is 0 Å². The first kappa shape index (κ1) is 14.5. The maximum absolute atomic E-state index is 6.38. The summed E-state index contributed by atoms with van der Waals surface area (Å²) in [5.41, 5.74) is 7.99. The molecule has 0 unspecified atom stereocenters. The lowest BCUT2D eigenvalue weighted by molar-refractivity contribution is 0.339. The molecule has 0 spiro atoms. The van der Waals surface area contributed by atoms with Gasteiger partial charge < -0.3 is 10.2 Å². The smallest absolute Gasteiger partial charge is 0.236 e. The van der Waals surface area contributed by atoms with E-state index in [2.05, 4.69) is 10.2 Å². The molecular weight excluding hydrogens is 274 g/mol. The highest BCUT2D eigenvalue weighted by Gasteiger charge is 2.28. The Labute approximate surface area is 130 Å². The van der Waals surface area contributed by atoms with Crippen LogP contribution < -0.4 is 5.73 Å². The largest absolute Gasteiger partial charge is 0.423 e. The minimum absolute atomic E-state index is 0.474. The number of benzene rings is 2. The molecule has 0 saturated carbocycles. The van der Waals surface area contributed by atoms with Crippen molar-refractivity contribution in [1.82, 2.24) is 10.2 Å². The summed E-state index contributed by atoms with van der Waals surface area (Å²) < 4.78 is 5.78. The third-order valence-electron chi connectivity index (χ3n) is 3.57. The number of nitrogens with zero attached hydrogens (tertiary/aromatic N) is 2. The second-order valence-electron chi connectivity index (χ2n) is 5.74. The lowest BCUT2D eigenvalue weighted by Gasteiger charge is -2.20. The maximum Gasteiger partial charge on any atom is 0.236 e. The third kappa shape index (κ3) is 3.40. The second-order valence-corrected chi connectivity index (χ2v) is 5.74. The Bertz CT molecular complexity index is 720. The molecule has 0 bridgehead atoms. The van der Waals surface area contributed by atoms with Crippen molar-refractivity contribution in [3.8, 4) is 0 Å². The Morgan fingerprint density at radius 2 is 1.50 bits per heavy atom. The van der Waals surface area contributed by atoms with Gasteiger partial charge in [0.15, 0.2) is 0 Å². The SMILES string of the molecule is C[C@@](N)(Cc1ccccc1)c1nnc(Cc2ccccc2)o1. The molecule has 112 valence electrons. The van der Waals surface area contributed by atoms with Crippen LogP contribution >= 0.6 is 0 Å². The molecule has 4 heteroatoms. The highest BCUT2D eigenvalue weighted by atomic mass is 16.4. The fraction of sp³-hybridized carbons (Fsp3) is 0.222. The molecule has 0 aliphatic rings. The molecule has 0 aliphatic carbocycles. The molecule has 4 nitrogen and oxygen atoms in total. The highest BCUT2D eigenvalue weighted by Crippen LogP contribution is 2.22. The quantitative estimate of drug-likeness (QED) is 0.785. The summed E-state index contributed by atoms with van der Waals surface area (Å²) in [6, 6.07) is 20.1. The van der Waals surface area contributed by atoms with E-state index in [0.29, 0.717) is 24.6 Å². The molecule has 1 aromatic heterocycles. The average molecular weight is 293 g/mol. The first-order valence-electron chi connectivity index (χ1n) is 7.33. The molecule has 3 aromatic rings. The topological polar surface area (TPSA) is 64.9 Å². The number of aromatic nitrogens is 2. The van der Waals surface area contributed by atoms with Crippen molar-refractivity contribution in [3.05, 3.63) is 83.6 Å². The van der Waals surface area contributed by atoms with Crippen LogP contribution in [0.4, 0.5) is 0 Å². The molecule has 0 fully saturated rings. The van der Waals surface area contributed by atoms with Gasteiger partial charge in [-0.3, -0.25) is 0 Å². The van der Waals surface area contributed by atoms with Crippen LogP contribution in [0, 0.1) is 0 Å². The van der Waals surface area contributed by atoms with Crippen molar-refractivity contribution in [3.63, 3.8) is 0 Å². The van der Waals surface area contributed by atoms with Gasteiger partial charge in [0.05, 0.1) is 12.0 Å². The van der Waals surface area contributed by atoms with E-state index in [1.54, 1.807) is 0 Å². The van der Waals surface area contributed by atoms with Crippen LogP contribution in [0.15, 0.2) is 65.1 Å². The van der Waals surface area contributed by atoms with Crippen molar-refractivity contribution in [2.24, 2.45) is 5.73 Å². The van der Waals surface area contributed by atoms with Gasteiger partial charge in [-0.25, -0.2) is 0 Å². The molecule has 22 heavy (non-hydrogen) atoms. The van der Waals surface area contributed by atoms with E-state index in [-0.39, 0.29) is 0 Å². The summed E-state index contributed by atoms with van der Waals surface area (Å²) in [5, 5.41) is 8.26. The van der Waals surface area contributed by atoms with Crippen molar-refractivity contribution < 1.29 is 4.42 Å². The Kier molecular flexibility index (Phi) is 4.02. The zero-order chi connectivity index (χ0) is 15.4. The monoisotopic (exact) mass is 293 g/mol. The Morgan fingerprint density at radius 3 is 2.14 bits per heavy atom. The van der Waals surface area contributed by atoms with Crippen molar-refractivity contribution >= 4 is 0 Å². The Balaban J connectivity index is 1.75. The van der Waals surface area contributed by atoms with Crippen LogP contribution in [-0.4, -0.2) is 10.2 Å². The molecular formula is C18H19N3O. The zero-order valence-corrected chi connectivity index (χ0v) is 12.6. The van der Waals surface area contributed by atoms with Gasteiger partial charge in [-0.2, -0.15) is 0 Å². The van der Waals surface area contributed by atoms with E-state index in [1.807, 2.05) is 67.6 Å². The van der Waals surface area contributed by atoms with Gasteiger partial charge in [0.2, 0.25) is 11.8 Å². The van der Waals surface area contributed by atoms with E-state index in [4.69, 9.17) is 10.2 Å². The Morgan fingerprint density at radius 1 is 0.909 bits per heavy atom. The number of nitrogens with two attached hydrogens (primary N) is 1. The summed E-state index contributed by atoms with van der Waals surface area (Å²) >= 11 is 0. The summed E-state index contributed by atoms with van der Waals surface area (Å²) in [6.07, 6.45) is 1.27. The van der Waals surface area contributed by atoms with Crippen molar-refractivity contribution in [2.45, 2.75) is 25.3 Å². The van der Waals surface area contributed by atoms with Gasteiger partial charge in [0, 0.05) is 0 Å². The lowest BCUT2D eigenvalue weighted by atomic mass is 9.94. The molecule has 3 rings (SSSR count). The molecule has 2 N–H and O–H groups in total. The number of rotatable bonds is 5. The lowest BCUT2D eigenvalue weighted by Crippen LogP contribution is -2.35. The third-order valence-corrected chi connectivity index (χ3v) is 3.57. The normalized spacial score (nSPS) is 13.7. The summed E-state index contributed by atoms with van der Waals surface area (Å²) in [6.45, 7) is 1.92. The van der Waals surface area contributed by atoms with Crippen LogP contribution in [0.2, 0.25) is 0 Å². The van der Waals surface area contributed by atoms with Crippen LogP contribution in [0.25, 0.3) is 0 Å². The number of hydrogen-bond acceptors (Lipinski definition) is 4. The highest BCUT2D eigenvalue weighted by molar-refractivity contribution is 5.20. The molecule has 0 aliphatic heterocycles. The molecule has 0 saturated heterocycles. The number of hydrogen-bond donors (Lipinski definition) is 1. The Hall–Kier alpha value is -2.46. The molecule has 2 aromatic carbocycles. The van der Waals surface area contributed by atoms with Gasteiger partial charge in [-0.15, -0.1) is 10.2 Å². The van der Waals surface area contributed by atoms with Crippen LogP contribution in [0.1, 0.15) is 29.8 Å². The molecule has 0 amide bonds. The predicted octanol–water partition coefficient (Wildman–Crippen LogP) is 3.08. The minimum Gasteiger partial charge on any atom is -0.423 e. The molecule has 0 radical (unpaired) electrons. The van der Waals surface area contributed by atoms with E-state index in [1.165, 1.54) is 0 Å². The fourth-order valence-corrected chi connectivity index (χ4v) is 2.42. The second kappa shape index (κ2) is 6.12. The maximum atomic E-state index is 6.38. The van der Waals surface area contributed by atoms with Crippen LogP contribution in [0.5, 0.6) is 0 Å². The summed E-state index contributed by atoms with van der Waals surface area (Å²) in [4.78, 5) is 0. The van der Waals surface area contributed by atoms with Gasteiger partial charge in [-0.1, -0.05) is 60.7 Å². The van der Waals surface area contributed by atoms with E-state index >= 15 is 0 Å². The average Bonchev–Trinajstić information content (AvgIpc) is 2.98. The fourth-order valence-electron chi connectivity index (χ4n) is 2.42. The standard InChI is InChI=1S/C18H19N3O/c1-18(19,13-15-10-6-3-7-11-15)17-21-20-16(22-17)12-14-8-4-2-5-9-14/h2-11H,12-13,19H2,1H3/t18-/m1/s1. The first-order chi connectivity index (χ1) is 10.6. The minimum atomic E-state index is -0.677. The van der Waals surface area contributed by atoms with E-state index in [9.17, 15) is 0 Å². The first-order valence-corrected chi connectivity index (χ1v) is 7.33. The van der Waals surface area contributed by atoms with Crippen LogP contribution in [-0.2, 0) is 18.4 Å². The van der Waals surface area contributed by atoms with E-state index in [0.717, 1.165) is 11.1 Å². The predicted molar refractivity (Wildman–Crippen MR) is 85.2 cm³/mol. The van der Waals surface area contributed by atoms with Crippen LogP contribution in [0.3, 0.4) is 0 Å².